The van der Waals surface area contributed by atoms with E-state index in [2.05, 4.69) is 19.9 Å². The largest absolute Gasteiger partial charge is 0.463 e. The highest BCUT2D eigenvalue weighted by atomic mass is 16.6. The number of primary amides is 1. The molecule has 7 nitrogen and oxygen atoms in total. The van der Waals surface area contributed by atoms with Crippen molar-refractivity contribution in [1.29, 1.82) is 5.41 Å². The zero-order valence-electron chi connectivity index (χ0n) is 8.45. The normalized spacial score (nSPS) is 9.40. The summed E-state index contributed by atoms with van der Waals surface area (Å²) in [5.41, 5.74) is 4.61. The highest BCUT2D eigenvalue weighted by Gasteiger charge is 2.08. The maximum Gasteiger partial charge on any atom is 0.404 e. The number of nitrogens with one attached hydrogen (secondary N) is 1. The fourth-order valence-electron chi connectivity index (χ4n) is 0.673. The molecule has 0 bridgehead atoms. The first-order chi connectivity index (χ1) is 7.06. The standard InChI is InChI=1S/C8H14N2O5/c1-13-2-3-14-7(11)4-6(9)5-15-8(10)12/h9H,2-5H2,1H3,(H2,10,12). The lowest BCUT2D eigenvalue weighted by atomic mass is 10.3. The van der Waals surface area contributed by atoms with Crippen molar-refractivity contribution in [2.24, 2.45) is 5.73 Å². The number of hydrogen-bond acceptors (Lipinski definition) is 6. The van der Waals surface area contributed by atoms with Crippen LogP contribution in [-0.4, -0.2) is 44.7 Å². The molecule has 7 heteroatoms. The average Bonchev–Trinajstić information content (AvgIpc) is 2.15. The van der Waals surface area contributed by atoms with Gasteiger partial charge in [0.15, 0.2) is 0 Å². The summed E-state index contributed by atoms with van der Waals surface area (Å²) in [6.07, 6.45) is -1.20. The zero-order chi connectivity index (χ0) is 11.7. The molecule has 0 saturated carbocycles. The van der Waals surface area contributed by atoms with Crippen LogP contribution in [0.3, 0.4) is 0 Å². The minimum atomic E-state index is -0.979. The van der Waals surface area contributed by atoms with E-state index < -0.39 is 12.1 Å². The third kappa shape index (κ3) is 8.69. The molecule has 15 heavy (non-hydrogen) atoms. The fourth-order valence-corrected chi connectivity index (χ4v) is 0.673. The van der Waals surface area contributed by atoms with E-state index in [0.717, 1.165) is 0 Å². The molecule has 0 unspecified atom stereocenters. The van der Waals surface area contributed by atoms with Gasteiger partial charge in [-0.2, -0.15) is 0 Å². The molecule has 1 amide bonds. The van der Waals surface area contributed by atoms with Gasteiger partial charge in [0.05, 0.1) is 18.7 Å². The first-order valence-electron chi connectivity index (χ1n) is 4.19. The van der Waals surface area contributed by atoms with Crippen molar-refractivity contribution in [3.63, 3.8) is 0 Å². The van der Waals surface area contributed by atoms with Gasteiger partial charge < -0.3 is 25.4 Å². The van der Waals surface area contributed by atoms with Gasteiger partial charge >= 0.3 is 12.1 Å². The highest BCUT2D eigenvalue weighted by molar-refractivity contribution is 5.98. The summed E-state index contributed by atoms with van der Waals surface area (Å²) >= 11 is 0. The minimum absolute atomic E-state index is 0.0729. The van der Waals surface area contributed by atoms with Crippen LogP contribution in [0.4, 0.5) is 4.79 Å². The van der Waals surface area contributed by atoms with Crippen LogP contribution in [-0.2, 0) is 19.0 Å². The maximum absolute atomic E-state index is 11.0. The van der Waals surface area contributed by atoms with Crippen LogP contribution < -0.4 is 5.73 Å². The lowest BCUT2D eigenvalue weighted by Gasteiger charge is -2.05. The van der Waals surface area contributed by atoms with Gasteiger partial charge in [0.2, 0.25) is 0 Å². The predicted molar refractivity (Wildman–Crippen MR) is 50.7 cm³/mol. The van der Waals surface area contributed by atoms with E-state index in [1.807, 2.05) is 0 Å². The minimum Gasteiger partial charge on any atom is -0.463 e. The van der Waals surface area contributed by atoms with E-state index in [-0.39, 0.29) is 25.3 Å². The Hall–Kier alpha value is -1.63. The van der Waals surface area contributed by atoms with Gasteiger partial charge in [-0.05, 0) is 0 Å². The number of ether oxygens (including phenoxy) is 3. The molecule has 0 fully saturated rings. The molecule has 0 heterocycles. The van der Waals surface area contributed by atoms with Gasteiger partial charge in [-0.15, -0.1) is 0 Å². The van der Waals surface area contributed by atoms with Crippen molar-refractivity contribution >= 4 is 17.8 Å². The molecule has 0 aliphatic rings. The summed E-state index contributed by atoms with van der Waals surface area (Å²) in [6.45, 7) is 0.144. The Morgan fingerprint density at radius 3 is 2.47 bits per heavy atom. The molecule has 0 aliphatic carbocycles. The van der Waals surface area contributed by atoms with Crippen LogP contribution in [0.5, 0.6) is 0 Å². The SMILES string of the molecule is COCCOC(=O)CC(=N)COC(N)=O. The van der Waals surface area contributed by atoms with Crippen molar-refractivity contribution in [2.45, 2.75) is 6.42 Å². The monoisotopic (exact) mass is 218 g/mol. The third-order valence-electron chi connectivity index (χ3n) is 1.30. The van der Waals surface area contributed by atoms with Crippen LogP contribution in [0.1, 0.15) is 6.42 Å². The number of nitrogens with two attached hydrogens (primary N) is 1. The van der Waals surface area contributed by atoms with Crippen molar-refractivity contribution < 1.29 is 23.8 Å². The molecule has 0 aromatic carbocycles. The summed E-state index contributed by atoms with van der Waals surface area (Å²) in [4.78, 5) is 21.2. The smallest absolute Gasteiger partial charge is 0.404 e. The zero-order valence-corrected chi connectivity index (χ0v) is 8.45. The first-order valence-corrected chi connectivity index (χ1v) is 4.19. The lowest BCUT2D eigenvalue weighted by Crippen LogP contribution is -2.21. The van der Waals surface area contributed by atoms with Gasteiger partial charge in [0, 0.05) is 7.11 Å². The number of carbonyl (C=O) groups excluding carboxylic acids is 2. The Morgan fingerprint density at radius 2 is 1.93 bits per heavy atom. The Morgan fingerprint density at radius 1 is 1.27 bits per heavy atom. The van der Waals surface area contributed by atoms with Crippen molar-refractivity contribution in [1.82, 2.24) is 0 Å². The second-order valence-corrected chi connectivity index (χ2v) is 2.60. The maximum atomic E-state index is 11.0. The summed E-state index contributed by atoms with van der Waals surface area (Å²) < 4.78 is 13.7. The van der Waals surface area contributed by atoms with E-state index in [1.54, 1.807) is 0 Å². The molecular weight excluding hydrogens is 204 g/mol. The molecule has 0 aliphatic heterocycles. The average molecular weight is 218 g/mol. The van der Waals surface area contributed by atoms with Crippen LogP contribution in [0.25, 0.3) is 0 Å². The summed E-state index contributed by atoms with van der Waals surface area (Å²) in [5, 5.41) is 7.23. The number of hydrogen-bond donors (Lipinski definition) is 2. The molecule has 0 aromatic rings. The molecular formula is C8H14N2O5. The molecule has 3 N–H and O–H groups in total. The Balaban J connectivity index is 3.58. The summed E-state index contributed by atoms with van der Waals surface area (Å²) in [6, 6.07) is 0. The topological polar surface area (TPSA) is 112 Å². The second-order valence-electron chi connectivity index (χ2n) is 2.60. The van der Waals surface area contributed by atoms with Gasteiger partial charge in [-0.1, -0.05) is 0 Å². The van der Waals surface area contributed by atoms with Crippen molar-refractivity contribution in [2.75, 3.05) is 26.9 Å². The molecule has 0 rings (SSSR count). The molecule has 0 atom stereocenters. The lowest BCUT2D eigenvalue weighted by molar-refractivity contribution is -0.143. The number of rotatable bonds is 7. The van der Waals surface area contributed by atoms with Gasteiger partial charge in [-0.25, -0.2) is 4.79 Å². The number of methoxy groups -OCH3 is 1. The van der Waals surface area contributed by atoms with Gasteiger partial charge in [-0.3, -0.25) is 4.79 Å². The quantitative estimate of drug-likeness (QED) is 0.345. The summed E-state index contributed by atoms with van der Waals surface area (Å²) in [7, 11) is 1.48. The predicted octanol–water partition coefficient (Wildman–Crippen LogP) is -0.319. The molecule has 0 spiro atoms. The van der Waals surface area contributed by atoms with Crippen LogP contribution >= 0.6 is 0 Å². The van der Waals surface area contributed by atoms with E-state index >= 15 is 0 Å². The Bertz CT molecular complexity index is 241. The Kier molecular flexibility index (Phi) is 6.90. The Labute approximate surface area is 87.0 Å². The molecule has 86 valence electrons. The third-order valence-corrected chi connectivity index (χ3v) is 1.30. The highest BCUT2D eigenvalue weighted by Crippen LogP contribution is 1.91. The van der Waals surface area contributed by atoms with Crippen LogP contribution in [0.15, 0.2) is 0 Å². The number of carbonyl (C=O) groups is 2. The number of esters is 1. The number of amides is 1. The second kappa shape index (κ2) is 7.74. The van der Waals surface area contributed by atoms with Crippen molar-refractivity contribution in [3.05, 3.63) is 0 Å². The van der Waals surface area contributed by atoms with E-state index in [0.29, 0.717) is 6.61 Å². The van der Waals surface area contributed by atoms with E-state index in [1.165, 1.54) is 7.11 Å². The van der Waals surface area contributed by atoms with E-state index in [4.69, 9.17) is 5.41 Å². The van der Waals surface area contributed by atoms with Gasteiger partial charge in [0.1, 0.15) is 13.2 Å². The summed E-state index contributed by atoms with van der Waals surface area (Å²) in [5.74, 6) is -0.565. The first kappa shape index (κ1) is 13.4. The van der Waals surface area contributed by atoms with E-state index in [9.17, 15) is 9.59 Å². The van der Waals surface area contributed by atoms with Crippen molar-refractivity contribution in [3.8, 4) is 0 Å². The molecule has 0 radical (unpaired) electrons. The molecule has 0 saturated heterocycles. The van der Waals surface area contributed by atoms with Crippen LogP contribution in [0, 0.1) is 5.41 Å². The van der Waals surface area contributed by atoms with Crippen LogP contribution in [0.2, 0.25) is 0 Å². The van der Waals surface area contributed by atoms with Gasteiger partial charge in [0.25, 0.3) is 0 Å². The molecule has 0 aromatic heterocycles. The fraction of sp³-hybridized carbons (Fsp3) is 0.625.